The lowest BCUT2D eigenvalue weighted by molar-refractivity contribution is -0.141. The molecule has 0 bridgehead atoms. The minimum atomic E-state index is -4.62. The minimum absolute atomic E-state index is 0.0571. The van der Waals surface area contributed by atoms with Crippen molar-refractivity contribution in [3.8, 4) is 28.2 Å². The van der Waals surface area contributed by atoms with Crippen LogP contribution in [0.1, 0.15) is 29.5 Å². The predicted molar refractivity (Wildman–Crippen MR) is 141 cm³/mol. The fourth-order valence-electron chi connectivity index (χ4n) is 4.52. The summed E-state index contributed by atoms with van der Waals surface area (Å²) in [7, 11) is 0. The highest BCUT2D eigenvalue weighted by atomic mass is 35.5. The van der Waals surface area contributed by atoms with Crippen LogP contribution >= 0.6 is 11.6 Å². The molecule has 44 heavy (non-hydrogen) atoms. The van der Waals surface area contributed by atoms with Crippen LogP contribution < -0.4 is 0 Å². The largest absolute Gasteiger partial charge is 0.433 e. The zero-order valence-electron chi connectivity index (χ0n) is 21.9. The second-order valence-corrected chi connectivity index (χ2v) is 9.67. The zero-order valence-corrected chi connectivity index (χ0v) is 22.6. The van der Waals surface area contributed by atoms with Gasteiger partial charge in [-0.25, -0.2) is 9.37 Å². The summed E-state index contributed by atoms with van der Waals surface area (Å²) in [5.41, 5.74) is 0.602. The van der Waals surface area contributed by atoms with Gasteiger partial charge in [0.25, 0.3) is 0 Å². The molecule has 1 aromatic carbocycles. The van der Waals surface area contributed by atoms with Crippen LogP contribution in [0.3, 0.4) is 0 Å². The Morgan fingerprint density at radius 3 is 2.39 bits per heavy atom. The van der Waals surface area contributed by atoms with Crippen LogP contribution in [-0.4, -0.2) is 54.7 Å². The number of nitrogens with zero attached hydrogens (tertiary/aromatic N) is 11. The third-order valence-corrected chi connectivity index (χ3v) is 6.86. The summed E-state index contributed by atoms with van der Waals surface area (Å²) in [4.78, 5) is 11.9. The van der Waals surface area contributed by atoms with E-state index in [1.807, 2.05) is 0 Å². The number of pyridine rings is 2. The first-order valence-corrected chi connectivity index (χ1v) is 12.9. The van der Waals surface area contributed by atoms with E-state index in [-0.39, 0.29) is 28.4 Å². The van der Waals surface area contributed by atoms with E-state index in [0.29, 0.717) is 27.2 Å². The Kier molecular flexibility index (Phi) is 7.54. The van der Waals surface area contributed by atoms with Gasteiger partial charge in [0, 0.05) is 36.1 Å². The Hall–Kier alpha value is -5.19. The lowest BCUT2D eigenvalue weighted by Gasteiger charge is -2.18. The summed E-state index contributed by atoms with van der Waals surface area (Å²) >= 11 is 6.06. The van der Waals surface area contributed by atoms with E-state index < -0.39 is 30.3 Å². The highest BCUT2D eigenvalue weighted by Gasteiger charge is 2.32. The summed E-state index contributed by atoms with van der Waals surface area (Å²) in [6.45, 7) is -2.95. The number of rotatable bonds is 8. The molecule has 0 aliphatic rings. The number of alkyl halides is 5. The van der Waals surface area contributed by atoms with Gasteiger partial charge in [0.15, 0.2) is 11.6 Å². The van der Waals surface area contributed by atoms with Crippen molar-refractivity contribution in [2.75, 3.05) is 0 Å². The van der Waals surface area contributed by atoms with Gasteiger partial charge in [-0.3, -0.25) is 14.6 Å². The number of tetrazole rings is 1. The molecular weight excluding hydrogens is 616 g/mol. The average Bonchev–Trinajstić information content (AvgIpc) is 3.79. The number of hydrogen-bond donors (Lipinski definition) is 0. The normalized spacial score (nSPS) is 12.6. The van der Waals surface area contributed by atoms with Crippen molar-refractivity contribution < 1.29 is 26.3 Å². The summed E-state index contributed by atoms with van der Waals surface area (Å²) < 4.78 is 84.5. The van der Waals surface area contributed by atoms with Crippen molar-refractivity contribution in [1.29, 1.82) is 0 Å². The Morgan fingerprint density at radius 1 is 0.886 bits per heavy atom. The van der Waals surface area contributed by atoms with E-state index >= 15 is 4.39 Å². The smallest absolute Gasteiger partial charge is 0.263 e. The van der Waals surface area contributed by atoms with E-state index in [4.69, 9.17) is 11.6 Å². The Bertz CT molecular complexity index is 1890. The minimum Gasteiger partial charge on any atom is -0.263 e. The lowest BCUT2D eigenvalue weighted by Crippen LogP contribution is -2.16. The van der Waals surface area contributed by atoms with Crippen LogP contribution in [-0.2, 0) is 12.6 Å². The molecule has 0 aliphatic carbocycles. The molecule has 0 N–H and O–H groups in total. The second kappa shape index (κ2) is 11.5. The molecule has 5 aromatic heterocycles. The summed E-state index contributed by atoms with van der Waals surface area (Å²) in [6.07, 6.45) is 2.90. The maximum Gasteiger partial charge on any atom is 0.433 e. The van der Waals surface area contributed by atoms with Gasteiger partial charge in [0.05, 0.1) is 34.2 Å². The lowest BCUT2D eigenvalue weighted by atomic mass is 10.0. The second-order valence-electron chi connectivity index (χ2n) is 9.27. The number of halogens is 7. The SMILES string of the molecule is Fc1c(Cl)ccc(-n2cnnn2)c1-c1ccc([C@@H](Cc2ccc(C(F)(F)F)nc2)n2cc(-c3ncnn3C(F)F)cn2)nc1. The molecule has 224 valence electrons. The highest BCUT2D eigenvalue weighted by molar-refractivity contribution is 6.31. The van der Waals surface area contributed by atoms with E-state index in [1.54, 1.807) is 12.1 Å². The fraction of sp³-hybridized carbons (Fsp3) is 0.154. The summed E-state index contributed by atoms with van der Waals surface area (Å²) in [5, 5.41) is 18.7. The maximum absolute atomic E-state index is 15.3. The molecule has 0 spiro atoms. The molecule has 0 amide bonds. The van der Waals surface area contributed by atoms with Crippen LogP contribution in [0, 0.1) is 5.82 Å². The molecule has 6 aromatic rings. The molecule has 1 atom stereocenters. The highest BCUT2D eigenvalue weighted by Crippen LogP contribution is 2.34. The average molecular weight is 632 g/mol. The van der Waals surface area contributed by atoms with E-state index in [0.717, 1.165) is 18.6 Å². The zero-order chi connectivity index (χ0) is 31.0. The molecule has 18 heteroatoms. The van der Waals surface area contributed by atoms with Crippen molar-refractivity contribution in [2.24, 2.45) is 0 Å². The first-order chi connectivity index (χ1) is 21.1. The van der Waals surface area contributed by atoms with Gasteiger partial charge in [-0.2, -0.15) is 41.5 Å². The monoisotopic (exact) mass is 631 g/mol. The third-order valence-electron chi connectivity index (χ3n) is 6.57. The van der Waals surface area contributed by atoms with Gasteiger partial charge in [-0.1, -0.05) is 23.7 Å². The number of aromatic nitrogens is 11. The number of benzene rings is 1. The Labute approximate surface area is 247 Å². The molecule has 6 rings (SSSR count). The van der Waals surface area contributed by atoms with Gasteiger partial charge in [0.1, 0.15) is 18.3 Å². The first-order valence-electron chi connectivity index (χ1n) is 12.5. The topological polar surface area (TPSA) is 118 Å². The van der Waals surface area contributed by atoms with E-state index in [2.05, 4.69) is 40.7 Å². The maximum atomic E-state index is 15.3. The van der Waals surface area contributed by atoms with Crippen LogP contribution in [0.2, 0.25) is 5.02 Å². The van der Waals surface area contributed by atoms with Crippen molar-refractivity contribution in [2.45, 2.75) is 25.2 Å². The van der Waals surface area contributed by atoms with Crippen molar-refractivity contribution in [1.82, 2.24) is 54.7 Å². The van der Waals surface area contributed by atoms with Crippen LogP contribution in [0.25, 0.3) is 28.2 Å². The van der Waals surface area contributed by atoms with Crippen LogP contribution in [0.5, 0.6) is 0 Å². The molecule has 0 unspecified atom stereocenters. The van der Waals surface area contributed by atoms with Gasteiger partial charge in [-0.15, -0.1) is 5.10 Å². The molecule has 0 aliphatic heterocycles. The van der Waals surface area contributed by atoms with E-state index in [9.17, 15) is 22.0 Å². The van der Waals surface area contributed by atoms with Crippen LogP contribution in [0.15, 0.2) is 73.8 Å². The van der Waals surface area contributed by atoms with Gasteiger partial charge < -0.3 is 0 Å². The first kappa shape index (κ1) is 28.9. The van der Waals surface area contributed by atoms with Crippen molar-refractivity contribution in [3.05, 3.63) is 102 Å². The molecule has 5 heterocycles. The third kappa shape index (κ3) is 5.60. The standard InChI is InChI=1S/C26H16ClF6N11/c27-17-3-5-19(43-13-37-40-41-43)22(23(17)28)15-2-4-18(34-9-15)20(7-14-1-6-21(35-8-14)26(31,32)33)42-11-16(10-38-42)24-36-12-39-44(24)25(29)30/h1-6,8-13,20,25H,7H2/t20-/m1/s1. The molecule has 0 saturated carbocycles. The van der Waals surface area contributed by atoms with Crippen LogP contribution in [0.4, 0.5) is 26.3 Å². The molecule has 0 radical (unpaired) electrons. The Morgan fingerprint density at radius 2 is 1.73 bits per heavy atom. The molecule has 0 fully saturated rings. The van der Waals surface area contributed by atoms with Crippen molar-refractivity contribution in [3.63, 3.8) is 0 Å². The van der Waals surface area contributed by atoms with Gasteiger partial charge >= 0.3 is 12.7 Å². The molecular formula is C26H16ClF6N11. The van der Waals surface area contributed by atoms with Gasteiger partial charge in [-0.05, 0) is 40.3 Å². The Balaban J connectivity index is 1.40. The van der Waals surface area contributed by atoms with E-state index in [1.165, 1.54) is 52.5 Å². The van der Waals surface area contributed by atoms with Gasteiger partial charge in [0.2, 0.25) is 0 Å². The molecule has 0 saturated heterocycles. The summed E-state index contributed by atoms with van der Waals surface area (Å²) in [5.74, 6) is -0.877. The fourth-order valence-corrected chi connectivity index (χ4v) is 4.68. The summed E-state index contributed by atoms with van der Waals surface area (Å²) in [6, 6.07) is 7.40. The number of hydrogen-bond acceptors (Lipinski definition) is 8. The molecule has 11 nitrogen and oxygen atoms in total. The quantitative estimate of drug-likeness (QED) is 0.199. The predicted octanol–water partition coefficient (Wildman–Crippen LogP) is 5.61. The van der Waals surface area contributed by atoms with Crippen molar-refractivity contribution >= 4 is 11.6 Å².